The van der Waals surface area contributed by atoms with E-state index in [1.807, 2.05) is 4.90 Å². The number of piperazine rings is 1. The molecular weight excluding hydrogens is 264 g/mol. The third-order valence-electron chi connectivity index (χ3n) is 2.57. The fourth-order valence-electron chi connectivity index (χ4n) is 1.80. The smallest absolute Gasteiger partial charge is 0.267 e. The van der Waals surface area contributed by atoms with Gasteiger partial charge in [-0.15, -0.1) is 0 Å². The maximum absolute atomic E-state index is 10.6. The number of rotatable bonds is 7. The Labute approximate surface area is 106 Å². The molecule has 0 aromatic heterocycles. The predicted octanol–water partition coefficient (Wildman–Crippen LogP) is -2.22. The Morgan fingerprint density at radius 3 is 2.33 bits per heavy atom. The van der Waals surface area contributed by atoms with Crippen molar-refractivity contribution in [1.82, 2.24) is 9.96 Å². The quantitative estimate of drug-likeness (QED) is 0.451. The number of aliphatic hydroxyl groups is 2. The second kappa shape index (κ2) is 7.34. The second-order valence-electron chi connectivity index (χ2n) is 4.19. The standard InChI is InChI=1S/C9H20N2O6S/c12-5-6-17-11-3-1-10(2-4-11)7-9(13)8-18(14,15)16/h9,12-13H,1-8H2,(H,14,15,16). The lowest BCUT2D eigenvalue weighted by molar-refractivity contribution is -0.183. The predicted molar refractivity (Wildman–Crippen MR) is 63.5 cm³/mol. The Bertz CT molecular complexity index is 328. The van der Waals surface area contributed by atoms with Crippen molar-refractivity contribution in [3.8, 4) is 0 Å². The monoisotopic (exact) mass is 284 g/mol. The summed E-state index contributed by atoms with van der Waals surface area (Å²) in [5.41, 5.74) is 0. The first-order valence-electron chi connectivity index (χ1n) is 5.75. The summed E-state index contributed by atoms with van der Waals surface area (Å²) < 4.78 is 29.8. The highest BCUT2D eigenvalue weighted by molar-refractivity contribution is 7.85. The van der Waals surface area contributed by atoms with E-state index in [-0.39, 0.29) is 19.8 Å². The van der Waals surface area contributed by atoms with Gasteiger partial charge in [0.05, 0.1) is 19.3 Å². The number of aliphatic hydroxyl groups excluding tert-OH is 2. The molecule has 1 unspecified atom stereocenters. The van der Waals surface area contributed by atoms with Gasteiger partial charge in [-0.2, -0.15) is 13.5 Å². The molecule has 0 bridgehead atoms. The van der Waals surface area contributed by atoms with Crippen molar-refractivity contribution in [2.45, 2.75) is 6.10 Å². The van der Waals surface area contributed by atoms with Gasteiger partial charge in [-0.3, -0.25) is 14.3 Å². The van der Waals surface area contributed by atoms with Gasteiger partial charge in [0.15, 0.2) is 0 Å². The van der Waals surface area contributed by atoms with Crippen molar-refractivity contribution >= 4 is 10.1 Å². The van der Waals surface area contributed by atoms with Crippen LogP contribution in [0.15, 0.2) is 0 Å². The van der Waals surface area contributed by atoms with Crippen LogP contribution in [0.1, 0.15) is 0 Å². The summed E-state index contributed by atoms with van der Waals surface area (Å²) in [6.07, 6.45) is -1.09. The summed E-state index contributed by atoms with van der Waals surface area (Å²) in [5, 5.41) is 19.8. The fourth-order valence-corrected chi connectivity index (χ4v) is 2.40. The van der Waals surface area contributed by atoms with Crippen LogP contribution in [0.2, 0.25) is 0 Å². The van der Waals surface area contributed by atoms with Crippen LogP contribution in [0.4, 0.5) is 0 Å². The third-order valence-corrected chi connectivity index (χ3v) is 3.37. The molecule has 1 heterocycles. The van der Waals surface area contributed by atoms with Crippen molar-refractivity contribution in [1.29, 1.82) is 0 Å². The molecule has 1 atom stereocenters. The van der Waals surface area contributed by atoms with Crippen molar-refractivity contribution in [2.24, 2.45) is 0 Å². The first-order valence-corrected chi connectivity index (χ1v) is 7.36. The highest BCUT2D eigenvalue weighted by atomic mass is 32.2. The molecule has 1 saturated heterocycles. The summed E-state index contributed by atoms with van der Waals surface area (Å²) in [6.45, 7) is 2.94. The van der Waals surface area contributed by atoms with E-state index in [2.05, 4.69) is 0 Å². The largest absolute Gasteiger partial charge is 0.394 e. The maximum atomic E-state index is 10.6. The molecule has 9 heteroatoms. The number of hydroxylamine groups is 2. The molecule has 0 aromatic carbocycles. The molecule has 18 heavy (non-hydrogen) atoms. The molecule has 0 amide bonds. The van der Waals surface area contributed by atoms with E-state index in [0.29, 0.717) is 26.2 Å². The maximum Gasteiger partial charge on any atom is 0.267 e. The molecule has 3 N–H and O–H groups in total. The number of hydrogen-bond donors (Lipinski definition) is 3. The molecular formula is C9H20N2O6S. The second-order valence-corrected chi connectivity index (χ2v) is 5.69. The first kappa shape index (κ1) is 15.8. The Balaban J connectivity index is 2.23. The minimum absolute atomic E-state index is 0.0344. The molecule has 0 spiro atoms. The number of β-amino-alcohol motifs (C(OH)–C–C–N with tert-alkyl or cyclic N) is 1. The van der Waals surface area contributed by atoms with Crippen molar-refractivity contribution in [2.75, 3.05) is 51.7 Å². The molecule has 1 fully saturated rings. The molecule has 8 nitrogen and oxygen atoms in total. The van der Waals surface area contributed by atoms with Crippen LogP contribution in [0.25, 0.3) is 0 Å². The minimum Gasteiger partial charge on any atom is -0.394 e. The van der Waals surface area contributed by atoms with Crippen molar-refractivity contribution in [3.63, 3.8) is 0 Å². The Hall–Kier alpha value is -0.290. The summed E-state index contributed by atoms with van der Waals surface area (Å²) in [6, 6.07) is 0. The van der Waals surface area contributed by atoms with Gasteiger partial charge < -0.3 is 10.2 Å². The van der Waals surface area contributed by atoms with Crippen LogP contribution in [0.3, 0.4) is 0 Å². The van der Waals surface area contributed by atoms with Crippen LogP contribution in [0.5, 0.6) is 0 Å². The van der Waals surface area contributed by atoms with E-state index in [4.69, 9.17) is 14.5 Å². The van der Waals surface area contributed by atoms with Crippen LogP contribution in [0, 0.1) is 0 Å². The van der Waals surface area contributed by atoms with Crippen molar-refractivity contribution < 1.29 is 28.0 Å². The van der Waals surface area contributed by atoms with E-state index in [0.717, 1.165) is 0 Å². The van der Waals surface area contributed by atoms with Crippen LogP contribution >= 0.6 is 0 Å². The number of hydrogen-bond acceptors (Lipinski definition) is 7. The average molecular weight is 284 g/mol. The fraction of sp³-hybridized carbons (Fsp3) is 1.00. The molecule has 0 saturated carbocycles. The average Bonchev–Trinajstić information content (AvgIpc) is 2.25. The Morgan fingerprint density at radius 2 is 1.83 bits per heavy atom. The first-order chi connectivity index (χ1) is 8.40. The third kappa shape index (κ3) is 6.59. The van der Waals surface area contributed by atoms with Gasteiger partial charge in [-0.1, -0.05) is 0 Å². The zero-order valence-corrected chi connectivity index (χ0v) is 10.9. The Morgan fingerprint density at radius 1 is 1.22 bits per heavy atom. The molecule has 0 aliphatic carbocycles. The number of nitrogens with zero attached hydrogens (tertiary/aromatic N) is 2. The van der Waals surface area contributed by atoms with Crippen LogP contribution in [-0.2, 0) is 15.0 Å². The van der Waals surface area contributed by atoms with E-state index in [1.54, 1.807) is 5.06 Å². The van der Waals surface area contributed by atoms with Crippen molar-refractivity contribution in [3.05, 3.63) is 0 Å². The molecule has 1 aliphatic heterocycles. The SMILES string of the molecule is O=S(=O)(O)CC(O)CN1CCN(OCCO)CC1. The lowest BCUT2D eigenvalue weighted by Crippen LogP contribution is -2.49. The zero-order chi connectivity index (χ0) is 13.6. The van der Waals surface area contributed by atoms with Gasteiger partial charge in [0.25, 0.3) is 10.1 Å². The van der Waals surface area contributed by atoms with Gasteiger partial charge in [0.1, 0.15) is 5.75 Å². The molecule has 1 aliphatic rings. The van der Waals surface area contributed by atoms with Gasteiger partial charge >= 0.3 is 0 Å². The molecule has 0 aromatic rings. The van der Waals surface area contributed by atoms with E-state index < -0.39 is 22.0 Å². The van der Waals surface area contributed by atoms with Crippen LogP contribution in [-0.4, -0.2) is 90.9 Å². The summed E-state index contributed by atoms with van der Waals surface area (Å²) in [4.78, 5) is 7.12. The van der Waals surface area contributed by atoms with E-state index in [1.165, 1.54) is 0 Å². The van der Waals surface area contributed by atoms with Crippen LogP contribution < -0.4 is 0 Å². The Kier molecular flexibility index (Phi) is 6.43. The van der Waals surface area contributed by atoms with Gasteiger partial charge in [-0.25, -0.2) is 0 Å². The van der Waals surface area contributed by atoms with E-state index >= 15 is 0 Å². The highest BCUT2D eigenvalue weighted by Gasteiger charge is 2.21. The molecule has 1 rings (SSSR count). The lowest BCUT2D eigenvalue weighted by atomic mass is 10.3. The lowest BCUT2D eigenvalue weighted by Gasteiger charge is -2.34. The zero-order valence-electron chi connectivity index (χ0n) is 10.1. The summed E-state index contributed by atoms with van der Waals surface area (Å²) in [7, 11) is -4.14. The van der Waals surface area contributed by atoms with Gasteiger partial charge in [0, 0.05) is 32.7 Å². The van der Waals surface area contributed by atoms with E-state index in [9.17, 15) is 13.5 Å². The topological polar surface area (TPSA) is 111 Å². The molecule has 0 radical (unpaired) electrons. The summed E-state index contributed by atoms with van der Waals surface area (Å²) in [5.74, 6) is -0.645. The normalized spacial score (nSPS) is 21.1. The van der Waals surface area contributed by atoms with Gasteiger partial charge in [0.2, 0.25) is 0 Å². The molecule has 108 valence electrons. The minimum atomic E-state index is -4.14. The van der Waals surface area contributed by atoms with Gasteiger partial charge in [-0.05, 0) is 0 Å². The highest BCUT2D eigenvalue weighted by Crippen LogP contribution is 2.04. The summed E-state index contributed by atoms with van der Waals surface area (Å²) >= 11 is 0.